The molecule has 0 heterocycles. The average Bonchev–Trinajstić information content (AvgIpc) is 2.11. The summed E-state index contributed by atoms with van der Waals surface area (Å²) in [6.07, 6.45) is 0.249. The van der Waals surface area contributed by atoms with Crippen molar-refractivity contribution in [1.82, 2.24) is 0 Å². The molecule has 104 valence electrons. The Morgan fingerprint density at radius 1 is 0.706 bits per heavy atom. The highest BCUT2D eigenvalue weighted by Crippen LogP contribution is 2.24. The fourth-order valence-corrected chi connectivity index (χ4v) is 0.727. The predicted molar refractivity (Wildman–Crippen MR) is 64.0 cm³/mol. The molecule has 0 rings (SSSR count). The van der Waals surface area contributed by atoms with E-state index in [1.54, 1.807) is 6.92 Å². The molecule has 0 aliphatic carbocycles. The number of hydrogen-bond donors (Lipinski definition) is 1. The first kappa shape index (κ1) is 16.8. The highest BCUT2D eigenvalue weighted by atomic mass is 17.3. The van der Waals surface area contributed by atoms with Gasteiger partial charge in [0.2, 0.25) is 5.79 Å². The minimum absolute atomic E-state index is 0.0858. The van der Waals surface area contributed by atoms with Crippen LogP contribution < -0.4 is 0 Å². The van der Waals surface area contributed by atoms with Crippen LogP contribution in [0.3, 0.4) is 0 Å². The van der Waals surface area contributed by atoms with Gasteiger partial charge in [-0.05, 0) is 48.5 Å². The van der Waals surface area contributed by atoms with Gasteiger partial charge in [0, 0.05) is 13.0 Å². The van der Waals surface area contributed by atoms with Crippen LogP contribution in [0.15, 0.2) is 0 Å². The Hall–Kier alpha value is -0.200. The number of rotatable bonds is 6. The van der Waals surface area contributed by atoms with E-state index in [2.05, 4.69) is 0 Å². The van der Waals surface area contributed by atoms with Crippen molar-refractivity contribution in [2.24, 2.45) is 0 Å². The molecule has 0 saturated heterocycles. The minimum atomic E-state index is -1.13. The van der Waals surface area contributed by atoms with E-state index in [-0.39, 0.29) is 13.0 Å². The molecule has 0 aromatic heterocycles. The van der Waals surface area contributed by atoms with E-state index >= 15 is 0 Å². The summed E-state index contributed by atoms with van der Waals surface area (Å²) >= 11 is 0. The Labute approximate surface area is 104 Å². The highest BCUT2D eigenvalue weighted by Gasteiger charge is 2.33. The van der Waals surface area contributed by atoms with Crippen LogP contribution in [-0.4, -0.2) is 28.7 Å². The summed E-state index contributed by atoms with van der Waals surface area (Å²) in [4.78, 5) is 20.8. The van der Waals surface area contributed by atoms with E-state index in [1.165, 1.54) is 0 Å². The lowest BCUT2D eigenvalue weighted by Gasteiger charge is -2.32. The van der Waals surface area contributed by atoms with Crippen molar-refractivity contribution >= 4 is 0 Å². The van der Waals surface area contributed by atoms with Crippen molar-refractivity contribution in [1.29, 1.82) is 0 Å². The van der Waals surface area contributed by atoms with Gasteiger partial charge in [-0.3, -0.25) is 0 Å². The van der Waals surface area contributed by atoms with Crippen molar-refractivity contribution in [3.8, 4) is 0 Å². The lowest BCUT2D eigenvalue weighted by molar-refractivity contribution is -0.538. The molecule has 0 aliphatic rings. The van der Waals surface area contributed by atoms with E-state index in [1.807, 2.05) is 41.5 Å². The molecule has 0 radical (unpaired) electrons. The second kappa shape index (κ2) is 6.11. The van der Waals surface area contributed by atoms with Gasteiger partial charge in [0.25, 0.3) is 0 Å². The second-order valence-corrected chi connectivity index (χ2v) is 6.17. The Kier molecular flexibility index (Phi) is 6.04. The Morgan fingerprint density at radius 3 is 1.29 bits per heavy atom. The molecule has 17 heavy (non-hydrogen) atoms. The molecule has 0 amide bonds. The largest absolute Gasteiger partial charge is 0.396 e. The molecular formula is C12H26O5. The molecule has 0 aromatic carbocycles. The minimum Gasteiger partial charge on any atom is -0.396 e. The first-order chi connectivity index (χ1) is 7.47. The summed E-state index contributed by atoms with van der Waals surface area (Å²) in [6, 6.07) is 0. The molecule has 0 unspecified atom stereocenters. The van der Waals surface area contributed by atoms with Crippen LogP contribution in [0, 0.1) is 0 Å². The Bertz CT molecular complexity index is 196. The summed E-state index contributed by atoms with van der Waals surface area (Å²) in [5.41, 5.74) is -0.913. The van der Waals surface area contributed by atoms with Crippen molar-refractivity contribution in [3.63, 3.8) is 0 Å². The normalized spacial score (nSPS) is 14.1. The van der Waals surface area contributed by atoms with Crippen LogP contribution in [0.1, 0.15) is 54.9 Å². The van der Waals surface area contributed by atoms with Gasteiger partial charge in [-0.2, -0.15) is 9.78 Å². The van der Waals surface area contributed by atoms with Gasteiger partial charge in [0.05, 0.1) is 11.2 Å². The molecule has 0 fully saturated rings. The lowest BCUT2D eigenvalue weighted by Crippen LogP contribution is -2.39. The van der Waals surface area contributed by atoms with Gasteiger partial charge in [-0.1, -0.05) is 0 Å². The summed E-state index contributed by atoms with van der Waals surface area (Å²) in [5.74, 6) is -1.13. The van der Waals surface area contributed by atoms with Gasteiger partial charge in [0.1, 0.15) is 0 Å². The smallest absolute Gasteiger partial charge is 0.233 e. The Balaban J connectivity index is 4.35. The molecule has 1 N–H and O–H groups in total. The maximum absolute atomic E-state index is 8.99. The van der Waals surface area contributed by atoms with E-state index < -0.39 is 17.0 Å². The fourth-order valence-electron chi connectivity index (χ4n) is 0.727. The molecule has 0 atom stereocenters. The van der Waals surface area contributed by atoms with Crippen LogP contribution in [0.25, 0.3) is 0 Å². The molecule has 0 bridgehead atoms. The first-order valence-electron chi connectivity index (χ1n) is 5.82. The molecule has 5 heteroatoms. The van der Waals surface area contributed by atoms with Gasteiger partial charge in [-0.15, -0.1) is 0 Å². The number of aliphatic hydroxyl groups is 1. The quantitative estimate of drug-likeness (QED) is 0.446. The Morgan fingerprint density at radius 2 is 1.06 bits per heavy atom. The topological polar surface area (TPSA) is 57.2 Å². The zero-order valence-corrected chi connectivity index (χ0v) is 12.0. The zero-order chi connectivity index (χ0) is 13.7. The SMILES string of the molecule is CC(C)(C)OOC(C)(CCO)OOC(C)(C)C. The van der Waals surface area contributed by atoms with Crippen LogP contribution >= 0.6 is 0 Å². The van der Waals surface area contributed by atoms with Crippen LogP contribution in [0.4, 0.5) is 0 Å². The predicted octanol–water partition coefficient (Wildman–Crippen LogP) is 2.58. The van der Waals surface area contributed by atoms with E-state index in [0.29, 0.717) is 0 Å². The van der Waals surface area contributed by atoms with Crippen molar-refractivity contribution in [2.45, 2.75) is 71.9 Å². The molecule has 5 nitrogen and oxygen atoms in total. The third-order valence-corrected chi connectivity index (χ3v) is 1.50. The maximum atomic E-state index is 8.99. The molecule has 0 saturated carbocycles. The molecular weight excluding hydrogens is 224 g/mol. The van der Waals surface area contributed by atoms with Crippen LogP contribution in [-0.2, 0) is 19.6 Å². The zero-order valence-electron chi connectivity index (χ0n) is 12.0. The van der Waals surface area contributed by atoms with Crippen molar-refractivity contribution in [3.05, 3.63) is 0 Å². The average molecular weight is 250 g/mol. The van der Waals surface area contributed by atoms with Crippen molar-refractivity contribution in [2.75, 3.05) is 6.61 Å². The van der Waals surface area contributed by atoms with Gasteiger partial charge >= 0.3 is 0 Å². The standard InChI is InChI=1S/C12H26O5/c1-10(2,3)14-16-12(7,8-9-13)17-15-11(4,5)6/h13H,8-9H2,1-7H3. The van der Waals surface area contributed by atoms with E-state index in [9.17, 15) is 0 Å². The summed E-state index contributed by atoms with van der Waals surface area (Å²) in [6.45, 7) is 12.7. The second-order valence-electron chi connectivity index (χ2n) is 6.17. The molecule has 0 spiro atoms. The number of aliphatic hydroxyl groups excluding tert-OH is 1. The van der Waals surface area contributed by atoms with Gasteiger partial charge in [0.15, 0.2) is 0 Å². The van der Waals surface area contributed by atoms with Crippen molar-refractivity contribution < 1.29 is 24.7 Å². The molecule has 0 aliphatic heterocycles. The monoisotopic (exact) mass is 250 g/mol. The van der Waals surface area contributed by atoms with E-state index in [0.717, 1.165) is 0 Å². The van der Waals surface area contributed by atoms with Gasteiger partial charge < -0.3 is 5.11 Å². The fraction of sp³-hybridized carbons (Fsp3) is 1.00. The summed E-state index contributed by atoms with van der Waals surface area (Å²) < 4.78 is 0. The third-order valence-electron chi connectivity index (χ3n) is 1.50. The summed E-state index contributed by atoms with van der Waals surface area (Å²) in [5, 5.41) is 8.99. The van der Waals surface area contributed by atoms with Crippen LogP contribution in [0.2, 0.25) is 0 Å². The number of hydrogen-bond acceptors (Lipinski definition) is 5. The lowest BCUT2D eigenvalue weighted by atomic mass is 10.2. The van der Waals surface area contributed by atoms with Crippen LogP contribution in [0.5, 0.6) is 0 Å². The highest BCUT2D eigenvalue weighted by molar-refractivity contribution is 4.62. The molecule has 0 aromatic rings. The summed E-state index contributed by atoms with van der Waals surface area (Å²) in [7, 11) is 0. The first-order valence-corrected chi connectivity index (χ1v) is 5.82. The maximum Gasteiger partial charge on any atom is 0.233 e. The van der Waals surface area contributed by atoms with E-state index in [4.69, 9.17) is 24.7 Å². The third kappa shape index (κ3) is 9.50. The van der Waals surface area contributed by atoms with Gasteiger partial charge in [-0.25, -0.2) is 9.78 Å².